The van der Waals surface area contributed by atoms with Crippen LogP contribution in [0.1, 0.15) is 40.1 Å². The van der Waals surface area contributed by atoms with E-state index in [9.17, 15) is 17.6 Å². The number of benzene rings is 1. The maximum absolute atomic E-state index is 13.4. The highest BCUT2D eigenvalue weighted by Gasteiger charge is 2.31. The van der Waals surface area contributed by atoms with E-state index in [2.05, 4.69) is 4.98 Å². The minimum Gasteiger partial charge on any atom is -0.335 e. The van der Waals surface area contributed by atoms with E-state index in [1.54, 1.807) is 4.90 Å². The fourth-order valence-electron chi connectivity index (χ4n) is 2.91. The number of aryl methyl sites for hydroxylation is 1. The topological polar surface area (TPSA) is 70.6 Å². The third-order valence-corrected chi connectivity index (χ3v) is 7.80. The lowest BCUT2D eigenvalue weighted by Crippen LogP contribution is -2.50. The first kappa shape index (κ1) is 19.9. The van der Waals surface area contributed by atoms with Gasteiger partial charge in [-0.15, -0.1) is 11.3 Å². The molecule has 1 aliphatic heterocycles. The van der Waals surface area contributed by atoms with Crippen LogP contribution in [0, 0.1) is 12.7 Å². The second-order valence-corrected chi connectivity index (χ2v) is 9.74. The summed E-state index contributed by atoms with van der Waals surface area (Å²) in [5, 5.41) is 0.920. The van der Waals surface area contributed by atoms with Gasteiger partial charge in [-0.2, -0.15) is 4.31 Å². The lowest BCUT2D eigenvalue weighted by atomic mass is 10.2. The second kappa shape index (κ2) is 7.65. The summed E-state index contributed by atoms with van der Waals surface area (Å²) in [6.45, 7) is 6.83. The highest BCUT2D eigenvalue weighted by atomic mass is 32.2. The SMILES string of the molecule is Cc1nc(C(C)C)sc1C(=O)N1CCN(S(=O)(=O)c2cccc(F)c2)CC1. The second-order valence-electron chi connectivity index (χ2n) is 6.77. The van der Waals surface area contributed by atoms with E-state index in [1.165, 1.54) is 33.8 Å². The third-order valence-electron chi connectivity index (χ3n) is 4.46. The van der Waals surface area contributed by atoms with Crippen LogP contribution in [0.3, 0.4) is 0 Å². The van der Waals surface area contributed by atoms with Crippen LogP contribution in [0.4, 0.5) is 4.39 Å². The lowest BCUT2D eigenvalue weighted by molar-refractivity contribution is 0.0702. The van der Waals surface area contributed by atoms with Gasteiger partial charge in [0.05, 0.1) is 15.6 Å². The fourth-order valence-corrected chi connectivity index (χ4v) is 5.41. The first-order valence-corrected chi connectivity index (χ1v) is 11.0. The fraction of sp³-hybridized carbons (Fsp3) is 0.444. The summed E-state index contributed by atoms with van der Waals surface area (Å²) in [6.07, 6.45) is 0. The van der Waals surface area contributed by atoms with Crippen molar-refractivity contribution in [2.45, 2.75) is 31.6 Å². The Labute approximate surface area is 162 Å². The van der Waals surface area contributed by atoms with Crippen LogP contribution >= 0.6 is 11.3 Å². The molecule has 0 atom stereocenters. The molecule has 1 fully saturated rings. The van der Waals surface area contributed by atoms with Gasteiger partial charge in [-0.05, 0) is 25.1 Å². The van der Waals surface area contributed by atoms with Crippen LogP contribution in [-0.4, -0.2) is 54.7 Å². The molecule has 27 heavy (non-hydrogen) atoms. The number of rotatable bonds is 4. The van der Waals surface area contributed by atoms with Gasteiger partial charge < -0.3 is 4.90 Å². The zero-order valence-corrected chi connectivity index (χ0v) is 17.1. The van der Waals surface area contributed by atoms with E-state index < -0.39 is 15.8 Å². The highest BCUT2D eigenvalue weighted by Crippen LogP contribution is 2.26. The average Bonchev–Trinajstić information content (AvgIpc) is 3.03. The molecule has 9 heteroatoms. The van der Waals surface area contributed by atoms with Crippen molar-refractivity contribution in [1.29, 1.82) is 0 Å². The van der Waals surface area contributed by atoms with Crippen LogP contribution in [0.5, 0.6) is 0 Å². The molecule has 1 amide bonds. The zero-order chi connectivity index (χ0) is 19.8. The van der Waals surface area contributed by atoms with Crippen LogP contribution in [-0.2, 0) is 10.0 Å². The number of thiazole rings is 1. The maximum Gasteiger partial charge on any atom is 0.265 e. The van der Waals surface area contributed by atoms with Crippen molar-refractivity contribution in [3.05, 3.63) is 45.7 Å². The molecule has 0 spiro atoms. The van der Waals surface area contributed by atoms with Crippen molar-refractivity contribution >= 4 is 27.3 Å². The molecular weight excluding hydrogens is 389 g/mol. The summed E-state index contributed by atoms with van der Waals surface area (Å²) < 4.78 is 40.0. The number of aromatic nitrogens is 1. The molecule has 0 N–H and O–H groups in total. The molecule has 0 saturated carbocycles. The minimum absolute atomic E-state index is 0.0675. The predicted molar refractivity (Wildman–Crippen MR) is 102 cm³/mol. The average molecular weight is 412 g/mol. The lowest BCUT2D eigenvalue weighted by Gasteiger charge is -2.33. The van der Waals surface area contributed by atoms with E-state index in [4.69, 9.17) is 0 Å². The number of hydrogen-bond donors (Lipinski definition) is 0. The van der Waals surface area contributed by atoms with E-state index in [1.807, 2.05) is 20.8 Å². The van der Waals surface area contributed by atoms with Crippen LogP contribution in [0.2, 0.25) is 0 Å². The first-order chi connectivity index (χ1) is 12.7. The van der Waals surface area contributed by atoms with Gasteiger partial charge in [-0.25, -0.2) is 17.8 Å². The van der Waals surface area contributed by atoms with Gasteiger partial charge in [0.2, 0.25) is 10.0 Å². The molecule has 0 aliphatic carbocycles. The van der Waals surface area contributed by atoms with Gasteiger partial charge >= 0.3 is 0 Å². The van der Waals surface area contributed by atoms with Crippen molar-refractivity contribution in [3.8, 4) is 0 Å². The summed E-state index contributed by atoms with van der Waals surface area (Å²) in [5.41, 5.74) is 0.712. The summed E-state index contributed by atoms with van der Waals surface area (Å²) in [4.78, 5) is 19.5. The molecule has 1 aromatic heterocycles. The van der Waals surface area contributed by atoms with Crippen molar-refractivity contribution in [3.63, 3.8) is 0 Å². The first-order valence-electron chi connectivity index (χ1n) is 8.72. The molecular formula is C18H22FN3O3S2. The summed E-state index contributed by atoms with van der Waals surface area (Å²) in [5.74, 6) is -0.449. The summed E-state index contributed by atoms with van der Waals surface area (Å²) >= 11 is 1.40. The van der Waals surface area contributed by atoms with Crippen molar-refractivity contribution in [2.75, 3.05) is 26.2 Å². The molecule has 146 valence electrons. The Morgan fingerprint density at radius 3 is 2.44 bits per heavy atom. The molecule has 6 nitrogen and oxygen atoms in total. The number of nitrogens with zero attached hydrogens (tertiary/aromatic N) is 3. The summed E-state index contributed by atoms with van der Waals surface area (Å²) in [6, 6.07) is 4.98. The largest absolute Gasteiger partial charge is 0.335 e. The van der Waals surface area contributed by atoms with Crippen molar-refractivity contribution in [1.82, 2.24) is 14.2 Å². The summed E-state index contributed by atoms with van der Waals surface area (Å²) in [7, 11) is -3.77. The number of carbonyl (C=O) groups is 1. The number of amides is 1. The van der Waals surface area contributed by atoms with Crippen molar-refractivity contribution in [2.24, 2.45) is 0 Å². The molecule has 0 radical (unpaired) electrons. The minimum atomic E-state index is -3.77. The van der Waals surface area contributed by atoms with Gasteiger partial charge in [0, 0.05) is 32.1 Å². The molecule has 2 aromatic rings. The Morgan fingerprint density at radius 2 is 1.89 bits per heavy atom. The number of carbonyl (C=O) groups excluding carboxylic acids is 1. The number of piperazine rings is 1. The van der Waals surface area contributed by atoms with E-state index in [-0.39, 0.29) is 29.8 Å². The Hall–Kier alpha value is -1.84. The zero-order valence-electron chi connectivity index (χ0n) is 15.5. The Kier molecular flexibility index (Phi) is 5.64. The van der Waals surface area contributed by atoms with Crippen LogP contribution in [0.15, 0.2) is 29.2 Å². The van der Waals surface area contributed by atoms with Gasteiger partial charge in [0.15, 0.2) is 0 Å². The molecule has 1 saturated heterocycles. The van der Waals surface area contributed by atoms with E-state index in [0.717, 1.165) is 11.1 Å². The molecule has 2 heterocycles. The standard InChI is InChI=1S/C18H22FN3O3S2/c1-12(2)17-20-13(3)16(26-17)18(23)21-7-9-22(10-8-21)27(24,25)15-6-4-5-14(19)11-15/h4-6,11-12H,7-10H2,1-3H3. The van der Waals surface area contributed by atoms with Gasteiger partial charge in [0.25, 0.3) is 5.91 Å². The Bertz CT molecular complexity index is 949. The molecule has 0 unspecified atom stereocenters. The van der Waals surface area contributed by atoms with Crippen LogP contribution < -0.4 is 0 Å². The molecule has 1 aliphatic rings. The van der Waals surface area contributed by atoms with Gasteiger partial charge in [0.1, 0.15) is 10.7 Å². The normalized spacial score (nSPS) is 16.1. The highest BCUT2D eigenvalue weighted by molar-refractivity contribution is 7.89. The number of hydrogen-bond acceptors (Lipinski definition) is 5. The van der Waals surface area contributed by atoms with Gasteiger partial charge in [-0.1, -0.05) is 19.9 Å². The quantitative estimate of drug-likeness (QED) is 0.776. The molecule has 0 bridgehead atoms. The monoisotopic (exact) mass is 411 g/mol. The van der Waals surface area contributed by atoms with E-state index >= 15 is 0 Å². The Morgan fingerprint density at radius 1 is 1.22 bits per heavy atom. The maximum atomic E-state index is 13.4. The van der Waals surface area contributed by atoms with E-state index in [0.29, 0.717) is 23.7 Å². The molecule has 3 rings (SSSR count). The van der Waals surface area contributed by atoms with Crippen LogP contribution in [0.25, 0.3) is 0 Å². The predicted octanol–water partition coefficient (Wildman–Crippen LogP) is 2.86. The van der Waals surface area contributed by atoms with Crippen molar-refractivity contribution < 1.29 is 17.6 Å². The smallest absolute Gasteiger partial charge is 0.265 e. The number of halogens is 1. The van der Waals surface area contributed by atoms with Gasteiger partial charge in [-0.3, -0.25) is 4.79 Å². The number of sulfonamides is 1. The molecule has 1 aromatic carbocycles. The Balaban J connectivity index is 1.71. The third kappa shape index (κ3) is 4.04.